The van der Waals surface area contributed by atoms with E-state index in [1.54, 1.807) is 12.1 Å². The summed E-state index contributed by atoms with van der Waals surface area (Å²) in [6.07, 6.45) is 2.08. The van der Waals surface area contributed by atoms with Crippen molar-refractivity contribution in [2.45, 2.75) is 31.5 Å². The third-order valence-electron chi connectivity index (χ3n) is 3.68. The van der Waals surface area contributed by atoms with Crippen molar-refractivity contribution in [3.63, 3.8) is 0 Å². The molecule has 0 aromatic heterocycles. The van der Waals surface area contributed by atoms with E-state index in [9.17, 15) is 9.18 Å². The van der Waals surface area contributed by atoms with Crippen molar-refractivity contribution in [2.75, 3.05) is 0 Å². The van der Waals surface area contributed by atoms with E-state index < -0.39 is 5.82 Å². The van der Waals surface area contributed by atoms with Gasteiger partial charge in [0.2, 0.25) is 5.91 Å². The van der Waals surface area contributed by atoms with E-state index in [2.05, 4.69) is 10.6 Å². The zero-order valence-electron chi connectivity index (χ0n) is 9.75. The molecule has 0 radical (unpaired) electrons. The number of fused-ring (bicyclic) bond motifs is 1. The van der Waals surface area contributed by atoms with Gasteiger partial charge in [0.05, 0.1) is 11.1 Å². The van der Waals surface area contributed by atoms with Crippen LogP contribution in [0.15, 0.2) is 18.2 Å². The van der Waals surface area contributed by atoms with E-state index in [0.717, 1.165) is 6.42 Å². The van der Waals surface area contributed by atoms with E-state index in [0.29, 0.717) is 17.5 Å². The van der Waals surface area contributed by atoms with Crippen molar-refractivity contribution in [3.8, 4) is 0 Å². The van der Waals surface area contributed by atoms with Crippen LogP contribution in [0.2, 0.25) is 5.02 Å². The Hall–Kier alpha value is -1.13. The molecule has 3 atom stereocenters. The van der Waals surface area contributed by atoms with E-state index in [1.165, 1.54) is 12.5 Å². The fourth-order valence-corrected chi connectivity index (χ4v) is 2.71. The number of carbonyl (C=O) groups excluding carboxylic acids is 1. The molecule has 1 aliphatic heterocycles. The van der Waals surface area contributed by atoms with Crippen LogP contribution in [0.3, 0.4) is 0 Å². The molecule has 1 aromatic carbocycles. The Morgan fingerprint density at radius 1 is 1.50 bits per heavy atom. The molecular weight excluding hydrogens is 255 g/mol. The largest absolute Gasteiger partial charge is 0.351 e. The molecule has 1 saturated heterocycles. The van der Waals surface area contributed by atoms with Crippen LogP contribution in [0.4, 0.5) is 4.39 Å². The Kier molecular flexibility index (Phi) is 2.99. The molecule has 2 aliphatic rings. The standard InChI is InChI=1S/C13H14ClFN2O/c14-9-3-1-2-7(12(9)15)6-16-13(18)11-5-8-4-10(8)17-11/h1-3,8,10-11,17H,4-6H2,(H,16,18)/t8?,10-,11+/m1/s1. The summed E-state index contributed by atoms with van der Waals surface area (Å²) in [7, 11) is 0. The predicted molar refractivity (Wildman–Crippen MR) is 66.7 cm³/mol. The highest BCUT2D eigenvalue weighted by atomic mass is 35.5. The summed E-state index contributed by atoms with van der Waals surface area (Å²) in [5.41, 5.74) is 0.416. The molecule has 1 aromatic rings. The number of amides is 1. The van der Waals surface area contributed by atoms with Crippen molar-refractivity contribution in [1.29, 1.82) is 0 Å². The molecule has 2 N–H and O–H groups in total. The number of piperidine rings is 1. The minimum atomic E-state index is -0.457. The van der Waals surface area contributed by atoms with Crippen LogP contribution in [0.25, 0.3) is 0 Å². The van der Waals surface area contributed by atoms with Crippen LogP contribution in [0.5, 0.6) is 0 Å². The Morgan fingerprint density at radius 3 is 3.06 bits per heavy atom. The molecule has 1 amide bonds. The highest BCUT2D eigenvalue weighted by Gasteiger charge is 2.47. The average Bonchev–Trinajstić information content (AvgIpc) is 2.97. The summed E-state index contributed by atoms with van der Waals surface area (Å²) in [5.74, 6) is 0.159. The third-order valence-corrected chi connectivity index (χ3v) is 3.97. The number of hydrogen-bond donors (Lipinski definition) is 2. The molecule has 2 fully saturated rings. The lowest BCUT2D eigenvalue weighted by Gasteiger charge is -2.13. The molecule has 5 heteroatoms. The van der Waals surface area contributed by atoms with Crippen LogP contribution < -0.4 is 10.6 Å². The molecule has 1 saturated carbocycles. The second-order valence-electron chi connectivity index (χ2n) is 4.99. The number of rotatable bonds is 3. The van der Waals surface area contributed by atoms with Gasteiger partial charge in [-0.15, -0.1) is 0 Å². The normalized spacial score (nSPS) is 28.9. The third kappa shape index (κ3) is 2.22. The van der Waals surface area contributed by atoms with E-state index in [4.69, 9.17) is 11.6 Å². The second-order valence-corrected chi connectivity index (χ2v) is 5.40. The first kappa shape index (κ1) is 11.9. The molecule has 0 spiro atoms. The summed E-state index contributed by atoms with van der Waals surface area (Å²) in [6, 6.07) is 5.21. The van der Waals surface area contributed by atoms with Crippen molar-refractivity contribution < 1.29 is 9.18 Å². The first-order valence-corrected chi connectivity index (χ1v) is 6.49. The van der Waals surface area contributed by atoms with Gasteiger partial charge in [0.15, 0.2) is 0 Å². The van der Waals surface area contributed by atoms with Crippen LogP contribution in [0, 0.1) is 11.7 Å². The Balaban J connectivity index is 1.57. The highest BCUT2D eigenvalue weighted by molar-refractivity contribution is 6.30. The van der Waals surface area contributed by atoms with Gasteiger partial charge in [-0.3, -0.25) is 4.79 Å². The minimum Gasteiger partial charge on any atom is -0.351 e. The summed E-state index contributed by atoms with van der Waals surface area (Å²) in [4.78, 5) is 11.9. The van der Waals surface area contributed by atoms with Gasteiger partial charge in [0, 0.05) is 18.2 Å². The SMILES string of the molecule is O=C(NCc1cccc(Cl)c1F)[C@@H]1CC2C[C@H]2N1. The van der Waals surface area contributed by atoms with Gasteiger partial charge in [-0.1, -0.05) is 23.7 Å². The number of hydrogen-bond acceptors (Lipinski definition) is 2. The fourth-order valence-electron chi connectivity index (χ4n) is 2.51. The molecule has 3 nitrogen and oxygen atoms in total. The van der Waals surface area contributed by atoms with Crippen LogP contribution >= 0.6 is 11.6 Å². The average molecular weight is 269 g/mol. The smallest absolute Gasteiger partial charge is 0.237 e. The monoisotopic (exact) mass is 268 g/mol. The van der Waals surface area contributed by atoms with Gasteiger partial charge >= 0.3 is 0 Å². The molecule has 1 aliphatic carbocycles. The second kappa shape index (κ2) is 4.52. The van der Waals surface area contributed by atoms with Gasteiger partial charge < -0.3 is 10.6 Å². The summed E-state index contributed by atoms with van der Waals surface area (Å²) in [6.45, 7) is 0.179. The molecule has 1 heterocycles. The fraction of sp³-hybridized carbons (Fsp3) is 0.462. The van der Waals surface area contributed by atoms with Gasteiger partial charge in [0.1, 0.15) is 5.82 Å². The van der Waals surface area contributed by atoms with Gasteiger partial charge in [-0.2, -0.15) is 0 Å². The molecule has 0 bridgehead atoms. The number of benzene rings is 1. The Morgan fingerprint density at radius 2 is 2.33 bits per heavy atom. The molecular formula is C13H14ClFN2O. The maximum absolute atomic E-state index is 13.6. The van der Waals surface area contributed by atoms with E-state index >= 15 is 0 Å². The van der Waals surface area contributed by atoms with Crippen LogP contribution in [0.1, 0.15) is 18.4 Å². The molecule has 3 rings (SSSR count). The number of halogens is 2. The van der Waals surface area contributed by atoms with Crippen molar-refractivity contribution in [3.05, 3.63) is 34.6 Å². The summed E-state index contributed by atoms with van der Waals surface area (Å²) >= 11 is 5.68. The molecule has 1 unspecified atom stereocenters. The van der Waals surface area contributed by atoms with E-state index in [-0.39, 0.29) is 23.5 Å². The minimum absolute atomic E-state index is 0.0541. The quantitative estimate of drug-likeness (QED) is 0.878. The Labute approximate surface area is 110 Å². The Bertz CT molecular complexity index is 484. The lowest BCUT2D eigenvalue weighted by atomic mass is 10.1. The lowest BCUT2D eigenvalue weighted by Crippen LogP contribution is -2.41. The van der Waals surface area contributed by atoms with Crippen molar-refractivity contribution in [1.82, 2.24) is 10.6 Å². The predicted octanol–water partition coefficient (Wildman–Crippen LogP) is 1.85. The van der Waals surface area contributed by atoms with Crippen LogP contribution in [-0.2, 0) is 11.3 Å². The molecule has 18 heavy (non-hydrogen) atoms. The van der Waals surface area contributed by atoms with Gasteiger partial charge in [0.25, 0.3) is 0 Å². The van der Waals surface area contributed by atoms with E-state index in [1.807, 2.05) is 0 Å². The van der Waals surface area contributed by atoms with Gasteiger partial charge in [-0.05, 0) is 24.8 Å². The summed E-state index contributed by atoms with van der Waals surface area (Å²) in [5, 5.41) is 6.09. The maximum Gasteiger partial charge on any atom is 0.237 e. The lowest BCUT2D eigenvalue weighted by molar-refractivity contribution is -0.123. The highest BCUT2D eigenvalue weighted by Crippen LogP contribution is 2.40. The topological polar surface area (TPSA) is 41.1 Å². The van der Waals surface area contributed by atoms with Crippen molar-refractivity contribution >= 4 is 17.5 Å². The first-order chi connectivity index (χ1) is 8.65. The first-order valence-electron chi connectivity index (χ1n) is 6.12. The zero-order chi connectivity index (χ0) is 12.7. The van der Waals surface area contributed by atoms with Crippen LogP contribution in [-0.4, -0.2) is 18.0 Å². The van der Waals surface area contributed by atoms with Crippen molar-refractivity contribution in [2.24, 2.45) is 5.92 Å². The van der Waals surface area contributed by atoms with Gasteiger partial charge in [-0.25, -0.2) is 4.39 Å². The molecule has 96 valence electrons. The maximum atomic E-state index is 13.6. The summed E-state index contributed by atoms with van der Waals surface area (Å²) < 4.78 is 13.6. The number of carbonyl (C=O) groups is 1. The number of nitrogens with one attached hydrogen (secondary N) is 2. The zero-order valence-corrected chi connectivity index (χ0v) is 10.5.